The van der Waals surface area contributed by atoms with Crippen LogP contribution in [-0.4, -0.2) is 22.6 Å². The molecule has 0 aliphatic heterocycles. The second-order valence-electron chi connectivity index (χ2n) is 5.22. The molecular formula is C14H23FN4. The van der Waals surface area contributed by atoms with Crippen LogP contribution in [-0.2, 0) is 6.42 Å². The summed E-state index contributed by atoms with van der Waals surface area (Å²) in [6.45, 7) is 2.40. The van der Waals surface area contributed by atoms with Gasteiger partial charge >= 0.3 is 0 Å². The molecule has 0 spiro atoms. The molecule has 1 fully saturated rings. The third-order valence-corrected chi connectivity index (χ3v) is 3.99. The van der Waals surface area contributed by atoms with E-state index in [4.69, 9.17) is 5.73 Å². The van der Waals surface area contributed by atoms with E-state index in [2.05, 4.69) is 15.3 Å². The number of hydrogen-bond donors (Lipinski definition) is 2. The van der Waals surface area contributed by atoms with Crippen molar-refractivity contribution in [1.82, 2.24) is 9.97 Å². The molecular weight excluding hydrogens is 243 g/mol. The zero-order valence-corrected chi connectivity index (χ0v) is 11.5. The molecule has 1 aliphatic carbocycles. The Morgan fingerprint density at radius 1 is 1.37 bits per heavy atom. The number of halogens is 1. The fourth-order valence-electron chi connectivity index (χ4n) is 2.83. The molecule has 19 heavy (non-hydrogen) atoms. The molecule has 2 rings (SSSR count). The fraction of sp³-hybridized carbons (Fsp3) is 0.714. The lowest BCUT2D eigenvalue weighted by atomic mass is 9.84. The van der Waals surface area contributed by atoms with E-state index < -0.39 is 0 Å². The molecule has 1 atom stereocenters. The highest BCUT2D eigenvalue weighted by molar-refractivity contribution is 5.38. The third-order valence-electron chi connectivity index (χ3n) is 3.99. The lowest BCUT2D eigenvalue weighted by Crippen LogP contribution is -2.38. The largest absolute Gasteiger partial charge is 0.363 e. The molecule has 5 heteroatoms. The van der Waals surface area contributed by atoms with Gasteiger partial charge in [0.05, 0.1) is 5.69 Å². The van der Waals surface area contributed by atoms with Crippen molar-refractivity contribution in [1.29, 1.82) is 0 Å². The highest BCUT2D eigenvalue weighted by Crippen LogP contribution is 2.28. The summed E-state index contributed by atoms with van der Waals surface area (Å²) in [6, 6.07) is 0.106. The Hall–Kier alpha value is -1.23. The van der Waals surface area contributed by atoms with E-state index in [0.29, 0.717) is 30.4 Å². The van der Waals surface area contributed by atoms with E-state index in [1.165, 1.54) is 38.4 Å². The molecule has 1 heterocycles. The van der Waals surface area contributed by atoms with Crippen LogP contribution in [0.3, 0.4) is 0 Å². The quantitative estimate of drug-likeness (QED) is 0.859. The summed E-state index contributed by atoms with van der Waals surface area (Å²) >= 11 is 0. The number of nitrogens with zero attached hydrogens (tertiary/aromatic N) is 2. The predicted molar refractivity (Wildman–Crippen MR) is 74.4 cm³/mol. The standard InChI is InChI=1S/C14H23FN4/c1-2-11-13(15)14(18-9-17-11)19-12(8-16)10-6-4-3-5-7-10/h9-10,12H,2-8,16H2,1H3,(H,17,18,19). The van der Waals surface area contributed by atoms with E-state index in [9.17, 15) is 4.39 Å². The molecule has 0 radical (unpaired) electrons. The second-order valence-corrected chi connectivity index (χ2v) is 5.22. The van der Waals surface area contributed by atoms with Gasteiger partial charge in [-0.25, -0.2) is 14.4 Å². The van der Waals surface area contributed by atoms with Crippen molar-refractivity contribution in [3.05, 3.63) is 17.8 Å². The summed E-state index contributed by atoms with van der Waals surface area (Å²) in [4.78, 5) is 7.96. The molecule has 1 saturated carbocycles. The number of hydrogen-bond acceptors (Lipinski definition) is 4. The van der Waals surface area contributed by atoms with Crippen LogP contribution in [0, 0.1) is 11.7 Å². The van der Waals surface area contributed by atoms with E-state index in [1.54, 1.807) is 0 Å². The second kappa shape index (κ2) is 6.80. The van der Waals surface area contributed by atoms with Crippen LogP contribution < -0.4 is 11.1 Å². The van der Waals surface area contributed by atoms with Crippen molar-refractivity contribution in [2.75, 3.05) is 11.9 Å². The Morgan fingerprint density at radius 2 is 2.11 bits per heavy atom. The lowest BCUT2D eigenvalue weighted by Gasteiger charge is -2.30. The maximum absolute atomic E-state index is 14.1. The number of aromatic nitrogens is 2. The van der Waals surface area contributed by atoms with Gasteiger partial charge in [-0.2, -0.15) is 0 Å². The summed E-state index contributed by atoms with van der Waals surface area (Å²) in [5, 5.41) is 3.19. The van der Waals surface area contributed by atoms with Gasteiger partial charge in [0.1, 0.15) is 6.33 Å². The van der Waals surface area contributed by atoms with Gasteiger partial charge in [-0.1, -0.05) is 26.2 Å². The van der Waals surface area contributed by atoms with Crippen LogP contribution in [0.1, 0.15) is 44.7 Å². The first-order valence-electron chi connectivity index (χ1n) is 7.22. The minimum Gasteiger partial charge on any atom is -0.363 e. The van der Waals surface area contributed by atoms with Gasteiger partial charge in [0.25, 0.3) is 0 Å². The Kier molecular flexibility index (Phi) is 5.07. The van der Waals surface area contributed by atoms with Crippen LogP contribution in [0.25, 0.3) is 0 Å². The van der Waals surface area contributed by atoms with Crippen LogP contribution in [0.4, 0.5) is 10.2 Å². The molecule has 106 valence electrons. The Morgan fingerprint density at radius 3 is 2.74 bits per heavy atom. The monoisotopic (exact) mass is 266 g/mol. The molecule has 0 saturated heterocycles. The maximum Gasteiger partial charge on any atom is 0.186 e. The number of nitrogens with one attached hydrogen (secondary N) is 1. The van der Waals surface area contributed by atoms with Gasteiger partial charge in [0.15, 0.2) is 11.6 Å². The molecule has 1 unspecified atom stereocenters. The summed E-state index contributed by atoms with van der Waals surface area (Å²) in [7, 11) is 0. The van der Waals surface area contributed by atoms with Gasteiger partial charge in [0, 0.05) is 12.6 Å². The minimum atomic E-state index is -0.334. The zero-order valence-electron chi connectivity index (χ0n) is 11.5. The summed E-state index contributed by atoms with van der Waals surface area (Å²) in [5.74, 6) is 0.491. The molecule has 1 aromatic rings. The van der Waals surface area contributed by atoms with Crippen LogP contribution in [0.15, 0.2) is 6.33 Å². The first kappa shape index (κ1) is 14.2. The van der Waals surface area contributed by atoms with Crippen molar-refractivity contribution in [2.45, 2.75) is 51.5 Å². The summed E-state index contributed by atoms with van der Waals surface area (Å²) in [5.41, 5.74) is 6.30. The van der Waals surface area contributed by atoms with E-state index in [1.807, 2.05) is 6.92 Å². The average molecular weight is 266 g/mol. The summed E-state index contributed by atoms with van der Waals surface area (Å²) in [6.07, 6.45) is 8.11. The van der Waals surface area contributed by atoms with E-state index >= 15 is 0 Å². The van der Waals surface area contributed by atoms with Crippen molar-refractivity contribution < 1.29 is 4.39 Å². The predicted octanol–water partition coefficient (Wildman–Crippen LogP) is 2.50. The van der Waals surface area contributed by atoms with Gasteiger partial charge in [0.2, 0.25) is 0 Å². The number of rotatable bonds is 5. The highest BCUT2D eigenvalue weighted by Gasteiger charge is 2.24. The van der Waals surface area contributed by atoms with Gasteiger partial charge < -0.3 is 11.1 Å². The van der Waals surface area contributed by atoms with Gasteiger partial charge in [-0.05, 0) is 25.2 Å². The zero-order chi connectivity index (χ0) is 13.7. The molecule has 0 bridgehead atoms. The van der Waals surface area contributed by atoms with Crippen LogP contribution in [0.2, 0.25) is 0 Å². The minimum absolute atomic E-state index is 0.106. The Labute approximate surface area is 114 Å². The molecule has 0 amide bonds. The van der Waals surface area contributed by atoms with E-state index in [-0.39, 0.29) is 11.9 Å². The average Bonchev–Trinajstić information content (AvgIpc) is 2.47. The first-order valence-corrected chi connectivity index (χ1v) is 7.22. The van der Waals surface area contributed by atoms with Gasteiger partial charge in [-0.3, -0.25) is 0 Å². The molecule has 1 aromatic heterocycles. The van der Waals surface area contributed by atoms with Crippen LogP contribution in [0.5, 0.6) is 0 Å². The van der Waals surface area contributed by atoms with Crippen LogP contribution >= 0.6 is 0 Å². The summed E-state index contributed by atoms with van der Waals surface area (Å²) < 4.78 is 14.1. The van der Waals surface area contributed by atoms with Crippen molar-refractivity contribution in [3.63, 3.8) is 0 Å². The number of anilines is 1. The Bertz CT molecular complexity index is 404. The Balaban J connectivity index is 2.09. The smallest absolute Gasteiger partial charge is 0.186 e. The van der Waals surface area contributed by atoms with E-state index in [0.717, 1.165) is 0 Å². The van der Waals surface area contributed by atoms with Crippen molar-refractivity contribution >= 4 is 5.82 Å². The number of nitrogens with two attached hydrogens (primary N) is 1. The first-order chi connectivity index (χ1) is 9.26. The highest BCUT2D eigenvalue weighted by atomic mass is 19.1. The van der Waals surface area contributed by atoms with Crippen molar-refractivity contribution in [2.24, 2.45) is 11.7 Å². The third kappa shape index (κ3) is 3.41. The van der Waals surface area contributed by atoms with Crippen molar-refractivity contribution in [3.8, 4) is 0 Å². The maximum atomic E-state index is 14.1. The SMILES string of the molecule is CCc1ncnc(NC(CN)C2CCCCC2)c1F. The molecule has 0 aromatic carbocycles. The topological polar surface area (TPSA) is 63.8 Å². The lowest BCUT2D eigenvalue weighted by molar-refractivity contribution is 0.319. The molecule has 1 aliphatic rings. The fourth-order valence-corrected chi connectivity index (χ4v) is 2.83. The molecule has 4 nitrogen and oxygen atoms in total. The molecule has 3 N–H and O–H groups in total. The van der Waals surface area contributed by atoms with Gasteiger partial charge in [-0.15, -0.1) is 0 Å². The number of aryl methyl sites for hydroxylation is 1. The normalized spacial score (nSPS) is 18.3.